The Hall–Kier alpha value is -2.63. The number of hydrogen-bond acceptors (Lipinski definition) is 4. The maximum Gasteiger partial charge on any atom is 0.101 e. The maximum absolute atomic E-state index is 9.05. The van der Waals surface area contributed by atoms with Crippen molar-refractivity contribution in [1.82, 2.24) is 9.55 Å². The molecule has 0 unspecified atom stereocenters. The van der Waals surface area contributed by atoms with Crippen LogP contribution in [0.2, 0.25) is 0 Å². The van der Waals surface area contributed by atoms with Crippen LogP contribution in [0.5, 0.6) is 0 Å². The van der Waals surface area contributed by atoms with E-state index < -0.39 is 0 Å². The minimum absolute atomic E-state index is 0.108. The predicted octanol–water partition coefficient (Wildman–Crippen LogP) is 2.03. The molecule has 0 spiro atoms. The van der Waals surface area contributed by atoms with Crippen molar-refractivity contribution in [3.63, 3.8) is 0 Å². The van der Waals surface area contributed by atoms with E-state index in [-0.39, 0.29) is 6.04 Å². The Morgan fingerprint density at radius 2 is 2.05 bits per heavy atom. The molecule has 0 bridgehead atoms. The van der Waals surface area contributed by atoms with E-state index in [1.54, 1.807) is 30.7 Å². The van der Waals surface area contributed by atoms with E-state index >= 15 is 0 Å². The smallest absolute Gasteiger partial charge is 0.101 e. The molecule has 1 atom stereocenters. The van der Waals surface area contributed by atoms with Crippen molar-refractivity contribution >= 4 is 0 Å². The lowest BCUT2D eigenvalue weighted by atomic mass is 10.1. The molecule has 5 heteroatoms. The van der Waals surface area contributed by atoms with Gasteiger partial charge in [-0.05, 0) is 24.6 Å². The van der Waals surface area contributed by atoms with Crippen LogP contribution in [0.25, 0.3) is 5.69 Å². The summed E-state index contributed by atoms with van der Waals surface area (Å²) >= 11 is 0. The summed E-state index contributed by atoms with van der Waals surface area (Å²) in [4.78, 5) is 4.10. The number of benzene rings is 1. The second kappa shape index (κ2) is 5.34. The van der Waals surface area contributed by atoms with Gasteiger partial charge in [0.05, 0.1) is 29.3 Å². The van der Waals surface area contributed by atoms with Gasteiger partial charge in [-0.25, -0.2) is 4.98 Å². The molecule has 0 radical (unpaired) electrons. The average molecular weight is 251 g/mol. The van der Waals surface area contributed by atoms with Crippen molar-refractivity contribution in [2.24, 2.45) is 5.73 Å². The van der Waals surface area contributed by atoms with E-state index in [2.05, 4.69) is 4.98 Å². The van der Waals surface area contributed by atoms with E-state index in [0.717, 1.165) is 17.8 Å². The van der Waals surface area contributed by atoms with Gasteiger partial charge in [0.25, 0.3) is 0 Å². The normalized spacial score (nSPS) is 11.6. The first-order valence-electron chi connectivity index (χ1n) is 5.93. The van der Waals surface area contributed by atoms with E-state index in [0.29, 0.717) is 11.1 Å². The van der Waals surface area contributed by atoms with Gasteiger partial charge in [-0.1, -0.05) is 6.92 Å². The number of imidazole rings is 1. The van der Waals surface area contributed by atoms with Gasteiger partial charge in [0.15, 0.2) is 0 Å². The van der Waals surface area contributed by atoms with Crippen LogP contribution in [0.4, 0.5) is 0 Å². The Bertz CT molecular complexity index is 672. The quantitative estimate of drug-likeness (QED) is 0.903. The average Bonchev–Trinajstić information content (AvgIpc) is 2.95. The zero-order valence-electron chi connectivity index (χ0n) is 10.5. The molecule has 0 aliphatic heterocycles. The number of rotatable bonds is 3. The zero-order chi connectivity index (χ0) is 13.8. The third-order valence-corrected chi connectivity index (χ3v) is 3.01. The first kappa shape index (κ1) is 12.8. The standard InChI is InChI=1S/C14H13N5/c1-2-13(17)14-8-18-9-19(14)12-4-3-10(6-15)11(5-12)7-16/h3-5,8-9,13H,2,17H2,1H3/t13-/m1/s1. The van der Waals surface area contributed by atoms with Crippen molar-refractivity contribution < 1.29 is 0 Å². The lowest BCUT2D eigenvalue weighted by molar-refractivity contribution is 0.660. The summed E-state index contributed by atoms with van der Waals surface area (Å²) in [6, 6.07) is 9.00. The van der Waals surface area contributed by atoms with Crippen molar-refractivity contribution in [3.05, 3.63) is 47.5 Å². The fourth-order valence-electron chi connectivity index (χ4n) is 1.88. The van der Waals surface area contributed by atoms with Gasteiger partial charge in [0.1, 0.15) is 12.1 Å². The second-order valence-corrected chi connectivity index (χ2v) is 4.16. The number of hydrogen-bond donors (Lipinski definition) is 1. The molecule has 0 fully saturated rings. The molecular weight excluding hydrogens is 238 g/mol. The maximum atomic E-state index is 9.05. The molecule has 0 saturated carbocycles. The summed E-state index contributed by atoms with van der Waals surface area (Å²) in [5.41, 5.74) is 8.41. The fraction of sp³-hybridized carbons (Fsp3) is 0.214. The molecule has 5 nitrogen and oxygen atoms in total. The van der Waals surface area contributed by atoms with Crippen LogP contribution in [0.3, 0.4) is 0 Å². The molecule has 1 heterocycles. The topological polar surface area (TPSA) is 91.4 Å². The van der Waals surface area contributed by atoms with E-state index in [1.165, 1.54) is 0 Å². The highest BCUT2D eigenvalue weighted by molar-refractivity contribution is 5.52. The highest BCUT2D eigenvalue weighted by atomic mass is 15.1. The van der Waals surface area contributed by atoms with Gasteiger partial charge in [-0.3, -0.25) is 0 Å². The van der Waals surface area contributed by atoms with Gasteiger partial charge in [0.2, 0.25) is 0 Å². The summed E-state index contributed by atoms with van der Waals surface area (Å²) in [6.45, 7) is 2.00. The number of nitrogens with two attached hydrogens (primary N) is 1. The molecule has 0 amide bonds. The summed E-state index contributed by atoms with van der Waals surface area (Å²) in [6.07, 6.45) is 4.18. The summed E-state index contributed by atoms with van der Waals surface area (Å²) in [5.74, 6) is 0. The minimum atomic E-state index is -0.108. The van der Waals surface area contributed by atoms with Crippen molar-refractivity contribution in [1.29, 1.82) is 10.5 Å². The van der Waals surface area contributed by atoms with Crippen LogP contribution in [0.15, 0.2) is 30.7 Å². The third-order valence-electron chi connectivity index (χ3n) is 3.01. The Kier molecular flexibility index (Phi) is 3.61. The minimum Gasteiger partial charge on any atom is -0.323 e. The summed E-state index contributed by atoms with van der Waals surface area (Å²) in [7, 11) is 0. The Morgan fingerprint density at radius 3 is 2.68 bits per heavy atom. The molecule has 2 N–H and O–H groups in total. The first-order chi connectivity index (χ1) is 9.21. The highest BCUT2D eigenvalue weighted by Gasteiger charge is 2.12. The second-order valence-electron chi connectivity index (χ2n) is 4.16. The molecule has 1 aromatic heterocycles. The lowest BCUT2D eigenvalue weighted by Gasteiger charge is -2.13. The molecule has 2 aromatic rings. The SMILES string of the molecule is CC[C@@H](N)c1cncn1-c1ccc(C#N)c(C#N)c1. The number of nitriles is 2. The van der Waals surface area contributed by atoms with Crippen molar-refractivity contribution in [2.45, 2.75) is 19.4 Å². The van der Waals surface area contributed by atoms with Gasteiger partial charge >= 0.3 is 0 Å². The summed E-state index contributed by atoms with van der Waals surface area (Å²) < 4.78 is 1.84. The van der Waals surface area contributed by atoms with Crippen LogP contribution < -0.4 is 5.73 Å². The molecule has 94 valence electrons. The molecule has 0 aliphatic carbocycles. The third kappa shape index (κ3) is 2.33. The largest absolute Gasteiger partial charge is 0.323 e. The zero-order valence-corrected chi connectivity index (χ0v) is 10.5. The molecule has 1 aromatic carbocycles. The molecular formula is C14H13N5. The Labute approximate surface area is 111 Å². The number of nitrogens with zero attached hydrogens (tertiary/aromatic N) is 4. The monoisotopic (exact) mass is 251 g/mol. The molecule has 0 saturated heterocycles. The molecule has 2 rings (SSSR count). The van der Waals surface area contributed by atoms with Crippen LogP contribution >= 0.6 is 0 Å². The van der Waals surface area contributed by atoms with Crippen molar-refractivity contribution in [2.75, 3.05) is 0 Å². The highest BCUT2D eigenvalue weighted by Crippen LogP contribution is 2.20. The van der Waals surface area contributed by atoms with E-state index in [1.807, 2.05) is 23.6 Å². The van der Waals surface area contributed by atoms with E-state index in [4.69, 9.17) is 16.3 Å². The van der Waals surface area contributed by atoms with Gasteiger partial charge in [0, 0.05) is 11.7 Å². The van der Waals surface area contributed by atoms with E-state index in [9.17, 15) is 0 Å². The van der Waals surface area contributed by atoms with Crippen molar-refractivity contribution in [3.8, 4) is 17.8 Å². The molecule has 0 aliphatic rings. The molecule has 19 heavy (non-hydrogen) atoms. The predicted molar refractivity (Wildman–Crippen MR) is 70.2 cm³/mol. The Balaban J connectivity index is 2.53. The lowest BCUT2D eigenvalue weighted by Crippen LogP contribution is -2.13. The number of aromatic nitrogens is 2. The fourth-order valence-corrected chi connectivity index (χ4v) is 1.88. The van der Waals surface area contributed by atoms with Gasteiger partial charge < -0.3 is 10.3 Å². The van der Waals surface area contributed by atoms with Crippen LogP contribution in [0, 0.1) is 22.7 Å². The van der Waals surface area contributed by atoms with Crippen LogP contribution in [-0.2, 0) is 0 Å². The summed E-state index contributed by atoms with van der Waals surface area (Å²) in [5, 5.41) is 18.0. The first-order valence-corrected chi connectivity index (χ1v) is 5.93. The Morgan fingerprint density at radius 1 is 1.32 bits per heavy atom. The van der Waals surface area contributed by atoms with Crippen LogP contribution in [0.1, 0.15) is 36.2 Å². The van der Waals surface area contributed by atoms with Gasteiger partial charge in [-0.2, -0.15) is 10.5 Å². The van der Waals surface area contributed by atoms with Gasteiger partial charge in [-0.15, -0.1) is 0 Å². The van der Waals surface area contributed by atoms with Crippen LogP contribution in [-0.4, -0.2) is 9.55 Å².